The van der Waals surface area contributed by atoms with E-state index in [0.717, 1.165) is 19.3 Å². The molecule has 4 rings (SSSR count). The van der Waals surface area contributed by atoms with Gasteiger partial charge in [0.15, 0.2) is 0 Å². The molecule has 0 radical (unpaired) electrons. The normalized spacial score (nSPS) is 12.4. The second-order valence-corrected chi connectivity index (χ2v) is 14.3. The third-order valence-corrected chi connectivity index (χ3v) is 10.2. The third-order valence-electron chi connectivity index (χ3n) is 7.99. The fraction of sp³-hybridized carbons (Fsp3) is 0.371. The van der Waals surface area contributed by atoms with Gasteiger partial charge in [-0.25, -0.2) is 13.6 Å². The lowest BCUT2D eigenvalue weighted by Gasteiger charge is -2.17. The average Bonchev–Trinajstić information content (AvgIpc) is 3.01. The Bertz CT molecular complexity index is 1760. The summed E-state index contributed by atoms with van der Waals surface area (Å²) in [6.45, 7) is 2.22. The van der Waals surface area contributed by atoms with Crippen molar-refractivity contribution in [2.24, 2.45) is 5.14 Å². The van der Waals surface area contributed by atoms with Crippen molar-refractivity contribution in [1.29, 1.82) is 0 Å². The number of anilines is 1. The fourth-order valence-electron chi connectivity index (χ4n) is 5.48. The molecule has 45 heavy (non-hydrogen) atoms. The number of primary sulfonamides is 1. The quantitative estimate of drug-likeness (QED) is 0.0662. The van der Waals surface area contributed by atoms with Gasteiger partial charge in [0, 0.05) is 16.0 Å². The maximum absolute atomic E-state index is 13.5. The summed E-state index contributed by atoms with van der Waals surface area (Å²) in [5, 5.41) is 31.0. The maximum atomic E-state index is 13.5. The minimum atomic E-state index is -3.85. The van der Waals surface area contributed by atoms with E-state index in [2.05, 4.69) is 12.2 Å². The van der Waals surface area contributed by atoms with E-state index in [9.17, 15) is 28.2 Å². The van der Waals surface area contributed by atoms with Crippen molar-refractivity contribution in [3.05, 3.63) is 72.3 Å². The van der Waals surface area contributed by atoms with Crippen LogP contribution in [0.15, 0.2) is 76.5 Å². The van der Waals surface area contributed by atoms with Gasteiger partial charge in [0.25, 0.3) is 5.91 Å². The minimum Gasteiger partial charge on any atom is -0.506 e. The molecule has 0 saturated carbocycles. The highest BCUT2D eigenvalue weighted by Crippen LogP contribution is 2.39. The summed E-state index contributed by atoms with van der Waals surface area (Å²) in [6, 6.07) is 18.1. The van der Waals surface area contributed by atoms with Gasteiger partial charge in [-0.15, -0.1) is 11.8 Å². The lowest BCUT2D eigenvalue weighted by molar-refractivity contribution is -0.136. The van der Waals surface area contributed by atoms with Gasteiger partial charge >= 0.3 is 5.97 Å². The van der Waals surface area contributed by atoms with Gasteiger partial charge in [-0.05, 0) is 52.9 Å². The second kappa shape index (κ2) is 16.1. The number of benzene rings is 4. The van der Waals surface area contributed by atoms with Crippen molar-refractivity contribution in [3.8, 4) is 5.75 Å². The molecule has 0 saturated heterocycles. The van der Waals surface area contributed by atoms with Crippen LogP contribution in [0.2, 0.25) is 0 Å². The van der Waals surface area contributed by atoms with Gasteiger partial charge in [0.1, 0.15) is 11.0 Å². The van der Waals surface area contributed by atoms with Gasteiger partial charge in [-0.1, -0.05) is 108 Å². The standard InChI is InChI=1S/C35H42N2O6S2/c1-2-3-4-5-6-7-8-9-10-11-16-31(35(40)41)44-32-23-30(33(38)29-15-13-12-14-28(29)32)34(39)37-26-19-17-25-22-27(45(36,42)43)20-18-24(25)21-26/h12-15,17-23,31,38H,2-11,16H2,1H3,(H,37,39)(H,40,41)(H2,36,42,43). The fourth-order valence-corrected chi connectivity index (χ4v) is 7.21. The molecular formula is C35H42N2O6S2. The number of amides is 1. The van der Waals surface area contributed by atoms with Crippen LogP contribution < -0.4 is 10.5 Å². The van der Waals surface area contributed by atoms with Crippen molar-refractivity contribution in [3.63, 3.8) is 0 Å². The van der Waals surface area contributed by atoms with E-state index >= 15 is 0 Å². The van der Waals surface area contributed by atoms with Crippen LogP contribution in [-0.2, 0) is 14.8 Å². The maximum Gasteiger partial charge on any atom is 0.316 e. The third kappa shape index (κ3) is 9.45. The first-order valence-electron chi connectivity index (χ1n) is 15.6. The second-order valence-electron chi connectivity index (χ2n) is 11.5. The highest BCUT2D eigenvalue weighted by molar-refractivity contribution is 8.00. The molecule has 1 amide bonds. The molecule has 240 valence electrons. The number of carboxylic acid groups (broad SMARTS) is 1. The van der Waals surface area contributed by atoms with E-state index in [1.807, 2.05) is 12.1 Å². The monoisotopic (exact) mass is 650 g/mol. The smallest absolute Gasteiger partial charge is 0.316 e. The number of phenolic OH excluding ortho intramolecular Hbond substituents is 1. The Morgan fingerprint density at radius 1 is 0.822 bits per heavy atom. The highest BCUT2D eigenvalue weighted by Gasteiger charge is 2.23. The van der Waals surface area contributed by atoms with Crippen LogP contribution in [0.4, 0.5) is 5.69 Å². The number of hydrogen-bond donors (Lipinski definition) is 4. The molecule has 0 aliphatic rings. The molecule has 0 aliphatic carbocycles. The van der Waals surface area contributed by atoms with Crippen molar-refractivity contribution in [2.45, 2.75) is 92.6 Å². The molecule has 0 aliphatic heterocycles. The van der Waals surface area contributed by atoms with Gasteiger partial charge in [-0.2, -0.15) is 0 Å². The molecule has 5 N–H and O–H groups in total. The predicted octanol–water partition coefficient (Wildman–Crippen LogP) is 8.45. The summed E-state index contributed by atoms with van der Waals surface area (Å²) in [4.78, 5) is 26.3. The van der Waals surface area contributed by atoms with Crippen LogP contribution in [-0.4, -0.2) is 35.8 Å². The number of hydrogen-bond acceptors (Lipinski definition) is 6. The van der Waals surface area contributed by atoms with Crippen LogP contribution in [0.1, 0.15) is 87.9 Å². The molecule has 1 atom stereocenters. The zero-order chi connectivity index (χ0) is 32.4. The zero-order valence-corrected chi connectivity index (χ0v) is 27.3. The Hall–Kier alpha value is -3.60. The van der Waals surface area contributed by atoms with Crippen LogP contribution in [0.25, 0.3) is 21.5 Å². The molecular weight excluding hydrogens is 609 g/mol. The Balaban J connectivity index is 1.46. The van der Waals surface area contributed by atoms with Crippen LogP contribution >= 0.6 is 11.8 Å². The number of carbonyl (C=O) groups is 2. The summed E-state index contributed by atoms with van der Waals surface area (Å²) < 4.78 is 23.4. The lowest BCUT2D eigenvalue weighted by Crippen LogP contribution is -2.17. The topological polar surface area (TPSA) is 147 Å². The highest BCUT2D eigenvalue weighted by atomic mass is 32.2. The van der Waals surface area contributed by atoms with Crippen molar-refractivity contribution >= 4 is 60.9 Å². The van der Waals surface area contributed by atoms with Crippen molar-refractivity contribution < 1.29 is 28.2 Å². The van der Waals surface area contributed by atoms with Crippen molar-refractivity contribution in [2.75, 3.05) is 5.32 Å². The molecule has 4 aromatic carbocycles. The predicted molar refractivity (Wildman–Crippen MR) is 183 cm³/mol. The summed E-state index contributed by atoms with van der Waals surface area (Å²) in [7, 11) is -3.85. The molecule has 10 heteroatoms. The average molecular weight is 651 g/mol. The number of phenols is 1. The van der Waals surface area contributed by atoms with Gasteiger partial charge < -0.3 is 15.5 Å². The number of unbranched alkanes of at least 4 members (excludes halogenated alkanes) is 9. The van der Waals surface area contributed by atoms with E-state index in [1.54, 1.807) is 42.5 Å². The minimum absolute atomic E-state index is 0.00858. The first kappa shape index (κ1) is 34.3. The lowest BCUT2D eigenvalue weighted by atomic mass is 10.0. The molecule has 0 spiro atoms. The van der Waals surface area contributed by atoms with E-state index in [4.69, 9.17) is 5.14 Å². The number of rotatable bonds is 17. The Labute approximate surface area is 269 Å². The van der Waals surface area contributed by atoms with E-state index < -0.39 is 27.1 Å². The number of carbonyl (C=O) groups excluding carboxylic acids is 1. The molecule has 1 unspecified atom stereocenters. The van der Waals surface area contributed by atoms with Crippen LogP contribution in [0.5, 0.6) is 5.75 Å². The molecule has 0 bridgehead atoms. The number of nitrogens with one attached hydrogen (secondary N) is 1. The number of aliphatic carboxylic acids is 1. The van der Waals surface area contributed by atoms with Gasteiger partial charge in [0.05, 0.1) is 10.5 Å². The van der Waals surface area contributed by atoms with Crippen molar-refractivity contribution in [1.82, 2.24) is 0 Å². The zero-order valence-electron chi connectivity index (χ0n) is 25.6. The van der Waals surface area contributed by atoms with E-state index in [1.165, 1.54) is 68.8 Å². The number of carboxylic acids is 1. The van der Waals surface area contributed by atoms with E-state index in [-0.39, 0.29) is 16.2 Å². The largest absolute Gasteiger partial charge is 0.506 e. The van der Waals surface area contributed by atoms with Crippen LogP contribution in [0, 0.1) is 0 Å². The summed E-state index contributed by atoms with van der Waals surface area (Å²) in [6.07, 6.45) is 12.2. The molecule has 0 aromatic heterocycles. The van der Waals surface area contributed by atoms with E-state index in [0.29, 0.717) is 38.5 Å². The first-order chi connectivity index (χ1) is 21.6. The van der Waals surface area contributed by atoms with Crippen LogP contribution in [0.3, 0.4) is 0 Å². The number of fused-ring (bicyclic) bond motifs is 2. The summed E-state index contributed by atoms with van der Waals surface area (Å²) in [5.41, 5.74) is 0.478. The number of thioether (sulfide) groups is 1. The number of sulfonamides is 1. The first-order valence-corrected chi connectivity index (χ1v) is 18.0. The molecule has 8 nitrogen and oxygen atoms in total. The Morgan fingerprint density at radius 2 is 1.42 bits per heavy atom. The molecule has 0 heterocycles. The SMILES string of the molecule is CCCCCCCCCCCCC(Sc1cc(C(=O)Nc2ccc3cc(S(N)(=O)=O)ccc3c2)c(O)c2ccccc12)C(=O)O. The number of nitrogens with two attached hydrogens (primary N) is 1. The number of aromatic hydroxyl groups is 1. The van der Waals surface area contributed by atoms with Gasteiger partial charge in [-0.3, -0.25) is 9.59 Å². The molecule has 0 fully saturated rings. The molecule has 4 aromatic rings. The summed E-state index contributed by atoms with van der Waals surface area (Å²) >= 11 is 1.21. The van der Waals surface area contributed by atoms with Gasteiger partial charge in [0.2, 0.25) is 10.0 Å². The Kier molecular flexibility index (Phi) is 12.3. The Morgan fingerprint density at radius 3 is 2.07 bits per heavy atom. The summed E-state index contributed by atoms with van der Waals surface area (Å²) in [5.74, 6) is -1.64.